The van der Waals surface area contributed by atoms with Crippen molar-refractivity contribution in [2.75, 3.05) is 0 Å². The minimum absolute atomic E-state index is 0.219. The van der Waals surface area contributed by atoms with Crippen molar-refractivity contribution >= 4 is 40.9 Å². The van der Waals surface area contributed by atoms with E-state index in [-0.39, 0.29) is 10.3 Å². The lowest BCUT2D eigenvalue weighted by Gasteiger charge is -2.02. The summed E-state index contributed by atoms with van der Waals surface area (Å²) in [7, 11) is 0. The van der Waals surface area contributed by atoms with Gasteiger partial charge in [0, 0.05) is 22.3 Å². The number of aromatic amines is 1. The van der Waals surface area contributed by atoms with Gasteiger partial charge in [-0.1, -0.05) is 54.1 Å². The number of H-pyrrole nitrogens is 1. The standard InChI is InChI=1S/C24H16ClN5OS/c25-18-10-12-19(13-11-18)29-15-17(22(28-29)16-6-2-1-3-7-16)14-26-30-23(31)20-8-4-5-9-21(20)27-24(30)32/h1-15H,(H,27,32)/b26-14+. The minimum Gasteiger partial charge on any atom is -0.330 e. The number of halogens is 1. The van der Waals surface area contributed by atoms with Gasteiger partial charge in [-0.2, -0.15) is 14.9 Å². The first-order chi connectivity index (χ1) is 15.6. The molecule has 0 amide bonds. The van der Waals surface area contributed by atoms with Crippen molar-refractivity contribution in [3.63, 3.8) is 0 Å². The SMILES string of the molecule is O=c1c2ccccc2[nH]c(=S)n1/N=C/c1cn(-c2ccc(Cl)cc2)nc1-c1ccccc1. The Hall–Kier alpha value is -3.81. The van der Waals surface area contributed by atoms with Crippen LogP contribution in [0.5, 0.6) is 0 Å². The minimum atomic E-state index is -0.285. The molecule has 0 bridgehead atoms. The molecule has 0 aliphatic carbocycles. The van der Waals surface area contributed by atoms with Gasteiger partial charge in [-0.25, -0.2) is 4.68 Å². The number of aromatic nitrogens is 4. The van der Waals surface area contributed by atoms with Crippen LogP contribution in [0.25, 0.3) is 27.8 Å². The second-order valence-electron chi connectivity index (χ2n) is 7.06. The molecule has 0 atom stereocenters. The van der Waals surface area contributed by atoms with Gasteiger partial charge in [0.15, 0.2) is 0 Å². The number of hydrogen-bond acceptors (Lipinski definition) is 4. The summed E-state index contributed by atoms with van der Waals surface area (Å²) in [6.07, 6.45) is 3.45. The quantitative estimate of drug-likeness (QED) is 0.288. The lowest BCUT2D eigenvalue weighted by atomic mass is 10.1. The summed E-state index contributed by atoms with van der Waals surface area (Å²) in [5, 5.41) is 10.3. The van der Waals surface area contributed by atoms with Crippen molar-refractivity contribution in [3.8, 4) is 16.9 Å². The Bertz CT molecular complexity index is 1570. The molecular formula is C24H16ClN5OS. The zero-order valence-corrected chi connectivity index (χ0v) is 18.2. The van der Waals surface area contributed by atoms with Gasteiger partial charge in [0.05, 0.1) is 22.8 Å². The predicted octanol–water partition coefficient (Wildman–Crippen LogP) is 5.45. The molecule has 0 unspecified atom stereocenters. The molecule has 3 aromatic carbocycles. The molecule has 32 heavy (non-hydrogen) atoms. The molecule has 0 fully saturated rings. The third-order valence-electron chi connectivity index (χ3n) is 4.98. The van der Waals surface area contributed by atoms with Crippen molar-refractivity contribution in [3.05, 3.63) is 111 Å². The van der Waals surface area contributed by atoms with Crippen LogP contribution in [0, 0.1) is 4.77 Å². The number of nitrogens with zero attached hydrogens (tertiary/aromatic N) is 4. The van der Waals surface area contributed by atoms with Crippen molar-refractivity contribution in [1.82, 2.24) is 19.4 Å². The van der Waals surface area contributed by atoms with E-state index in [2.05, 4.69) is 10.1 Å². The van der Waals surface area contributed by atoms with Gasteiger partial charge in [-0.05, 0) is 48.6 Å². The molecule has 156 valence electrons. The number of hydrogen-bond donors (Lipinski definition) is 1. The first-order valence-corrected chi connectivity index (χ1v) is 10.6. The molecule has 6 nitrogen and oxygen atoms in total. The molecule has 0 saturated heterocycles. The molecule has 2 heterocycles. The average molecular weight is 458 g/mol. The van der Waals surface area contributed by atoms with E-state index in [1.54, 1.807) is 23.0 Å². The smallest absolute Gasteiger partial charge is 0.282 e. The van der Waals surface area contributed by atoms with Gasteiger partial charge in [0.25, 0.3) is 5.56 Å². The maximum absolute atomic E-state index is 12.9. The van der Waals surface area contributed by atoms with Gasteiger partial charge < -0.3 is 4.98 Å². The van der Waals surface area contributed by atoms with E-state index in [0.29, 0.717) is 15.9 Å². The summed E-state index contributed by atoms with van der Waals surface area (Å²) >= 11 is 11.4. The molecule has 5 aromatic rings. The predicted molar refractivity (Wildman–Crippen MR) is 130 cm³/mol. The molecule has 0 aliphatic rings. The monoisotopic (exact) mass is 457 g/mol. The summed E-state index contributed by atoms with van der Waals surface area (Å²) in [6, 6.07) is 24.4. The summed E-state index contributed by atoms with van der Waals surface area (Å²) in [5.74, 6) is 0. The van der Waals surface area contributed by atoms with Crippen molar-refractivity contribution in [1.29, 1.82) is 0 Å². The summed E-state index contributed by atoms with van der Waals surface area (Å²) in [4.78, 5) is 16.0. The third kappa shape index (κ3) is 3.79. The van der Waals surface area contributed by atoms with E-state index in [4.69, 9.17) is 28.9 Å². The Kier molecular flexibility index (Phi) is 5.26. The fourth-order valence-electron chi connectivity index (χ4n) is 3.41. The molecule has 8 heteroatoms. The molecule has 0 aliphatic heterocycles. The summed E-state index contributed by atoms with van der Waals surface area (Å²) < 4.78 is 3.16. The Balaban J connectivity index is 1.64. The zero-order chi connectivity index (χ0) is 22.1. The van der Waals surface area contributed by atoms with Crippen molar-refractivity contribution in [2.45, 2.75) is 0 Å². The second kappa shape index (κ2) is 8.37. The fraction of sp³-hybridized carbons (Fsp3) is 0. The number of benzene rings is 3. The lowest BCUT2D eigenvalue weighted by molar-refractivity contribution is 0.800. The summed E-state index contributed by atoms with van der Waals surface area (Å²) in [5.41, 5.74) is 3.64. The molecule has 2 aromatic heterocycles. The maximum Gasteiger partial charge on any atom is 0.282 e. The second-order valence-corrected chi connectivity index (χ2v) is 7.88. The first kappa shape index (κ1) is 20.1. The van der Waals surface area contributed by atoms with Gasteiger partial charge in [0.2, 0.25) is 4.77 Å². The molecule has 0 radical (unpaired) electrons. The van der Waals surface area contributed by atoms with Gasteiger partial charge in [0.1, 0.15) is 5.69 Å². The Morgan fingerprint density at radius 2 is 1.69 bits per heavy atom. The van der Waals surface area contributed by atoms with Crippen molar-refractivity contribution in [2.24, 2.45) is 5.10 Å². The van der Waals surface area contributed by atoms with E-state index in [1.165, 1.54) is 4.68 Å². The van der Waals surface area contributed by atoms with Crippen molar-refractivity contribution < 1.29 is 0 Å². The highest BCUT2D eigenvalue weighted by Gasteiger charge is 2.12. The van der Waals surface area contributed by atoms with E-state index >= 15 is 0 Å². The van der Waals surface area contributed by atoms with Gasteiger partial charge >= 0.3 is 0 Å². The Morgan fingerprint density at radius 3 is 2.47 bits per heavy atom. The number of para-hydroxylation sites is 1. The van der Waals surface area contributed by atoms with E-state index < -0.39 is 0 Å². The van der Waals surface area contributed by atoms with Crippen LogP contribution in [-0.4, -0.2) is 25.7 Å². The van der Waals surface area contributed by atoms with E-state index in [0.717, 1.165) is 22.5 Å². The maximum atomic E-state index is 12.9. The van der Waals surface area contributed by atoms with Crippen LogP contribution in [0.4, 0.5) is 0 Å². The third-order valence-corrected chi connectivity index (χ3v) is 5.50. The van der Waals surface area contributed by atoms with Crippen LogP contribution in [0.3, 0.4) is 0 Å². The summed E-state index contributed by atoms with van der Waals surface area (Å²) in [6.45, 7) is 0. The number of fused-ring (bicyclic) bond motifs is 1. The average Bonchev–Trinajstić information content (AvgIpc) is 3.24. The van der Waals surface area contributed by atoms with Crippen LogP contribution in [0.1, 0.15) is 5.56 Å². The van der Waals surface area contributed by atoms with Crippen LogP contribution in [0.2, 0.25) is 5.02 Å². The lowest BCUT2D eigenvalue weighted by Crippen LogP contribution is -2.18. The Morgan fingerprint density at radius 1 is 0.969 bits per heavy atom. The zero-order valence-electron chi connectivity index (χ0n) is 16.6. The van der Waals surface area contributed by atoms with Crippen LogP contribution in [-0.2, 0) is 0 Å². The van der Waals surface area contributed by atoms with E-state index in [9.17, 15) is 4.79 Å². The number of rotatable bonds is 4. The normalized spacial score (nSPS) is 11.4. The molecule has 1 N–H and O–H groups in total. The van der Waals surface area contributed by atoms with Gasteiger partial charge in [-0.3, -0.25) is 4.79 Å². The number of nitrogens with one attached hydrogen (secondary N) is 1. The molecule has 0 saturated carbocycles. The highest BCUT2D eigenvalue weighted by molar-refractivity contribution is 7.71. The fourth-order valence-corrected chi connectivity index (χ4v) is 3.77. The highest BCUT2D eigenvalue weighted by Crippen LogP contribution is 2.23. The van der Waals surface area contributed by atoms with Crippen LogP contribution in [0.15, 0.2) is 95.0 Å². The molecule has 0 spiro atoms. The van der Waals surface area contributed by atoms with Crippen LogP contribution >= 0.6 is 23.8 Å². The first-order valence-electron chi connectivity index (χ1n) is 9.79. The topological polar surface area (TPSA) is 68.0 Å². The molecular weight excluding hydrogens is 442 g/mol. The van der Waals surface area contributed by atoms with E-state index in [1.807, 2.05) is 72.9 Å². The largest absolute Gasteiger partial charge is 0.330 e. The van der Waals surface area contributed by atoms with Gasteiger partial charge in [-0.15, -0.1) is 0 Å². The van der Waals surface area contributed by atoms with Crippen LogP contribution < -0.4 is 5.56 Å². The highest BCUT2D eigenvalue weighted by atomic mass is 35.5. The molecule has 5 rings (SSSR count). The Labute approximate surface area is 193 Å².